The first-order valence-corrected chi connectivity index (χ1v) is 8.36. The fourth-order valence-corrected chi connectivity index (χ4v) is 2.77. The lowest BCUT2D eigenvalue weighted by atomic mass is 10.1. The number of nitrogens with zero attached hydrogens (tertiary/aromatic N) is 2. The molecule has 2 atom stereocenters. The summed E-state index contributed by atoms with van der Waals surface area (Å²) >= 11 is 0. The van der Waals surface area contributed by atoms with E-state index in [0.29, 0.717) is 25.6 Å². The van der Waals surface area contributed by atoms with Gasteiger partial charge in [0.15, 0.2) is 0 Å². The number of carbonyl (C=O) groups excluding carboxylic acids is 2. The first kappa shape index (κ1) is 17.5. The predicted octanol–water partition coefficient (Wildman–Crippen LogP) is 1.89. The van der Waals surface area contributed by atoms with Gasteiger partial charge in [-0.1, -0.05) is 25.1 Å². The van der Waals surface area contributed by atoms with Gasteiger partial charge in [-0.2, -0.15) is 0 Å². The van der Waals surface area contributed by atoms with E-state index in [2.05, 4.69) is 31.1 Å². The van der Waals surface area contributed by atoms with E-state index in [4.69, 9.17) is 0 Å². The van der Waals surface area contributed by atoms with Gasteiger partial charge in [0.2, 0.25) is 11.8 Å². The van der Waals surface area contributed by atoms with Crippen LogP contribution in [-0.2, 0) is 9.59 Å². The van der Waals surface area contributed by atoms with Crippen molar-refractivity contribution >= 4 is 17.5 Å². The lowest BCUT2D eigenvalue weighted by molar-refractivity contribution is -0.126. The van der Waals surface area contributed by atoms with E-state index in [1.807, 2.05) is 30.3 Å². The molecule has 1 aliphatic heterocycles. The minimum absolute atomic E-state index is 0.0191. The summed E-state index contributed by atoms with van der Waals surface area (Å²) in [7, 11) is 2.07. The predicted molar refractivity (Wildman–Crippen MR) is 92.3 cm³/mol. The summed E-state index contributed by atoms with van der Waals surface area (Å²) in [6.45, 7) is 6.24. The van der Waals surface area contributed by atoms with Gasteiger partial charge < -0.3 is 15.1 Å². The smallest absolute Gasteiger partial charge is 0.227 e. The summed E-state index contributed by atoms with van der Waals surface area (Å²) in [4.78, 5) is 28.4. The molecule has 1 aromatic rings. The molecule has 1 aliphatic rings. The van der Waals surface area contributed by atoms with Gasteiger partial charge in [-0.25, -0.2) is 0 Å². The maximum Gasteiger partial charge on any atom is 0.227 e. The Hall–Kier alpha value is -1.88. The molecule has 2 rings (SSSR count). The number of nitrogens with one attached hydrogen (secondary N) is 1. The second kappa shape index (κ2) is 8.11. The lowest BCUT2D eigenvalue weighted by Crippen LogP contribution is -2.39. The number of para-hydroxylation sites is 1. The monoisotopic (exact) mass is 317 g/mol. The van der Waals surface area contributed by atoms with E-state index < -0.39 is 0 Å². The topological polar surface area (TPSA) is 52.7 Å². The highest BCUT2D eigenvalue weighted by atomic mass is 16.2. The molecule has 0 unspecified atom stereocenters. The van der Waals surface area contributed by atoms with E-state index in [1.165, 1.54) is 0 Å². The minimum Gasteiger partial charge on any atom is -0.355 e. The van der Waals surface area contributed by atoms with Crippen molar-refractivity contribution in [1.29, 1.82) is 0 Å². The molecular formula is C18H27N3O2. The van der Waals surface area contributed by atoms with Gasteiger partial charge in [0.25, 0.3) is 0 Å². The number of anilines is 1. The SMILES string of the molecule is CC[C@@H](C)N(C)CCNC(=O)[C@@H]1CC(=O)N(c2ccccc2)C1. The van der Waals surface area contributed by atoms with Gasteiger partial charge in [-0.15, -0.1) is 0 Å². The number of hydrogen-bond donors (Lipinski definition) is 1. The number of amides is 2. The van der Waals surface area contributed by atoms with Crippen LogP contribution < -0.4 is 10.2 Å². The Bertz CT molecular complexity index is 532. The molecule has 0 spiro atoms. The molecule has 1 heterocycles. The van der Waals surface area contributed by atoms with Crippen LogP contribution in [0, 0.1) is 5.92 Å². The fourth-order valence-electron chi connectivity index (χ4n) is 2.77. The third kappa shape index (κ3) is 4.55. The maximum absolute atomic E-state index is 12.3. The molecular weight excluding hydrogens is 290 g/mol. The summed E-state index contributed by atoms with van der Waals surface area (Å²) in [5, 5.41) is 2.97. The van der Waals surface area contributed by atoms with Crippen LogP contribution in [0.5, 0.6) is 0 Å². The van der Waals surface area contributed by atoms with E-state index in [-0.39, 0.29) is 17.7 Å². The van der Waals surface area contributed by atoms with Crippen LogP contribution in [0.4, 0.5) is 5.69 Å². The van der Waals surface area contributed by atoms with Crippen LogP contribution in [-0.4, -0.2) is 49.4 Å². The molecule has 0 saturated carbocycles. The van der Waals surface area contributed by atoms with Gasteiger partial charge in [-0.3, -0.25) is 9.59 Å². The second-order valence-electron chi connectivity index (χ2n) is 6.27. The zero-order valence-electron chi connectivity index (χ0n) is 14.3. The first-order valence-electron chi connectivity index (χ1n) is 8.36. The number of likely N-dealkylation sites (N-methyl/N-ethyl adjacent to an activating group) is 1. The first-order chi connectivity index (χ1) is 11.0. The summed E-state index contributed by atoms with van der Waals surface area (Å²) in [6.07, 6.45) is 1.38. The highest BCUT2D eigenvalue weighted by Crippen LogP contribution is 2.24. The Kier molecular flexibility index (Phi) is 6.16. The van der Waals surface area contributed by atoms with Crippen molar-refractivity contribution in [2.45, 2.75) is 32.7 Å². The van der Waals surface area contributed by atoms with Crippen molar-refractivity contribution in [3.05, 3.63) is 30.3 Å². The molecule has 5 nitrogen and oxygen atoms in total. The molecule has 126 valence electrons. The Labute approximate surface area is 138 Å². The molecule has 1 fully saturated rings. The average molecular weight is 317 g/mol. The number of rotatable bonds is 7. The van der Waals surface area contributed by atoms with Crippen LogP contribution in [0.1, 0.15) is 26.7 Å². The molecule has 23 heavy (non-hydrogen) atoms. The van der Waals surface area contributed by atoms with Crippen LogP contribution in [0.15, 0.2) is 30.3 Å². The van der Waals surface area contributed by atoms with Crippen molar-refractivity contribution in [3.63, 3.8) is 0 Å². The zero-order chi connectivity index (χ0) is 16.8. The highest BCUT2D eigenvalue weighted by molar-refractivity contribution is 6.00. The van der Waals surface area contributed by atoms with E-state index in [9.17, 15) is 9.59 Å². The molecule has 0 aliphatic carbocycles. The second-order valence-corrected chi connectivity index (χ2v) is 6.27. The Morgan fingerprint density at radius 3 is 2.74 bits per heavy atom. The van der Waals surface area contributed by atoms with E-state index >= 15 is 0 Å². The molecule has 2 amide bonds. The number of hydrogen-bond acceptors (Lipinski definition) is 3. The third-order valence-corrected chi connectivity index (χ3v) is 4.67. The quantitative estimate of drug-likeness (QED) is 0.835. The lowest BCUT2D eigenvalue weighted by Gasteiger charge is -2.23. The summed E-state index contributed by atoms with van der Waals surface area (Å²) < 4.78 is 0. The largest absolute Gasteiger partial charge is 0.355 e. The zero-order valence-corrected chi connectivity index (χ0v) is 14.3. The van der Waals surface area contributed by atoms with Crippen molar-refractivity contribution in [1.82, 2.24) is 10.2 Å². The average Bonchev–Trinajstić information content (AvgIpc) is 2.96. The Morgan fingerprint density at radius 2 is 2.09 bits per heavy atom. The standard InChI is InChI=1S/C18H27N3O2/c1-4-14(2)20(3)11-10-19-18(23)15-12-17(22)21(13-15)16-8-6-5-7-9-16/h5-9,14-15H,4,10-13H2,1-3H3,(H,19,23)/t14-,15-/m1/s1. The fraction of sp³-hybridized carbons (Fsp3) is 0.556. The van der Waals surface area contributed by atoms with Gasteiger partial charge in [0.1, 0.15) is 0 Å². The molecule has 0 aromatic heterocycles. The van der Waals surface area contributed by atoms with Gasteiger partial charge in [0, 0.05) is 37.8 Å². The van der Waals surface area contributed by atoms with Crippen molar-refractivity contribution in [2.24, 2.45) is 5.92 Å². The maximum atomic E-state index is 12.3. The molecule has 5 heteroatoms. The highest BCUT2D eigenvalue weighted by Gasteiger charge is 2.34. The van der Waals surface area contributed by atoms with Gasteiger partial charge >= 0.3 is 0 Å². The van der Waals surface area contributed by atoms with Crippen LogP contribution in [0.2, 0.25) is 0 Å². The Morgan fingerprint density at radius 1 is 1.39 bits per heavy atom. The normalized spacial score (nSPS) is 19.2. The molecule has 0 radical (unpaired) electrons. The molecule has 1 aromatic carbocycles. The molecule has 0 bridgehead atoms. The van der Waals surface area contributed by atoms with E-state index in [1.54, 1.807) is 4.90 Å². The molecule has 1 N–H and O–H groups in total. The van der Waals surface area contributed by atoms with Crippen LogP contribution >= 0.6 is 0 Å². The van der Waals surface area contributed by atoms with Crippen molar-refractivity contribution in [2.75, 3.05) is 31.6 Å². The summed E-state index contributed by atoms with van der Waals surface area (Å²) in [5.74, 6) is -0.251. The molecule has 1 saturated heterocycles. The van der Waals surface area contributed by atoms with Gasteiger partial charge in [0.05, 0.1) is 5.92 Å². The van der Waals surface area contributed by atoms with E-state index in [0.717, 1.165) is 18.7 Å². The van der Waals surface area contributed by atoms with Crippen molar-refractivity contribution in [3.8, 4) is 0 Å². The minimum atomic E-state index is -0.253. The number of carbonyl (C=O) groups is 2. The van der Waals surface area contributed by atoms with Crippen LogP contribution in [0.25, 0.3) is 0 Å². The van der Waals surface area contributed by atoms with Crippen molar-refractivity contribution < 1.29 is 9.59 Å². The third-order valence-electron chi connectivity index (χ3n) is 4.67. The summed E-state index contributed by atoms with van der Waals surface area (Å²) in [5.41, 5.74) is 0.865. The number of benzene rings is 1. The summed E-state index contributed by atoms with van der Waals surface area (Å²) in [6, 6.07) is 10.0. The van der Waals surface area contributed by atoms with Crippen LogP contribution in [0.3, 0.4) is 0 Å². The Balaban J connectivity index is 1.81. The van der Waals surface area contributed by atoms with Gasteiger partial charge in [-0.05, 0) is 32.5 Å².